The fourth-order valence-corrected chi connectivity index (χ4v) is 1.62. The second-order valence-corrected chi connectivity index (χ2v) is 4.04. The monoisotopic (exact) mass is 176 g/mol. The lowest BCUT2D eigenvalue weighted by atomic mass is 10.2. The highest BCUT2D eigenvalue weighted by Gasteiger charge is 2.45. The molecular weight excluding hydrogens is 160 g/mol. The van der Waals surface area contributed by atoms with Gasteiger partial charge in [-0.1, -0.05) is 30.3 Å². The summed E-state index contributed by atoms with van der Waals surface area (Å²) in [6.07, 6.45) is 0. The summed E-state index contributed by atoms with van der Waals surface area (Å²) in [4.78, 5) is 2.41. The SMILES string of the molecule is CC1(CN)CN1Cc1ccccc1. The van der Waals surface area contributed by atoms with Gasteiger partial charge in [-0.25, -0.2) is 0 Å². The minimum atomic E-state index is 0.274. The van der Waals surface area contributed by atoms with E-state index in [1.54, 1.807) is 0 Å². The molecule has 70 valence electrons. The largest absolute Gasteiger partial charge is 0.329 e. The van der Waals surface area contributed by atoms with Crippen molar-refractivity contribution in [3.63, 3.8) is 0 Å². The molecule has 0 aromatic heterocycles. The van der Waals surface area contributed by atoms with Gasteiger partial charge in [-0.2, -0.15) is 0 Å². The van der Waals surface area contributed by atoms with Crippen molar-refractivity contribution in [2.24, 2.45) is 5.73 Å². The average Bonchev–Trinajstić information content (AvgIpc) is 2.80. The van der Waals surface area contributed by atoms with Crippen LogP contribution in [0.3, 0.4) is 0 Å². The molecule has 1 aromatic rings. The van der Waals surface area contributed by atoms with E-state index < -0.39 is 0 Å². The van der Waals surface area contributed by atoms with Gasteiger partial charge >= 0.3 is 0 Å². The first-order valence-corrected chi connectivity index (χ1v) is 4.74. The van der Waals surface area contributed by atoms with Crippen molar-refractivity contribution in [1.29, 1.82) is 0 Å². The van der Waals surface area contributed by atoms with E-state index in [0.29, 0.717) is 0 Å². The van der Waals surface area contributed by atoms with Crippen LogP contribution in [-0.4, -0.2) is 23.5 Å². The zero-order valence-electron chi connectivity index (χ0n) is 8.03. The van der Waals surface area contributed by atoms with Crippen molar-refractivity contribution in [1.82, 2.24) is 4.90 Å². The lowest BCUT2D eigenvalue weighted by Crippen LogP contribution is -2.24. The first-order valence-electron chi connectivity index (χ1n) is 4.74. The molecule has 2 heteroatoms. The number of hydrogen-bond acceptors (Lipinski definition) is 2. The Hall–Kier alpha value is -0.860. The predicted octanol–water partition coefficient (Wildman–Crippen LogP) is 1.22. The van der Waals surface area contributed by atoms with Crippen molar-refractivity contribution in [3.05, 3.63) is 35.9 Å². The van der Waals surface area contributed by atoms with E-state index in [0.717, 1.165) is 19.6 Å². The van der Waals surface area contributed by atoms with Gasteiger partial charge in [-0.15, -0.1) is 0 Å². The van der Waals surface area contributed by atoms with Gasteiger partial charge in [0.05, 0.1) is 0 Å². The third-order valence-corrected chi connectivity index (χ3v) is 2.85. The molecule has 2 atom stereocenters. The minimum Gasteiger partial charge on any atom is -0.329 e. The van der Waals surface area contributed by atoms with Crippen LogP contribution < -0.4 is 5.73 Å². The van der Waals surface area contributed by atoms with Crippen LogP contribution in [0.1, 0.15) is 12.5 Å². The summed E-state index contributed by atoms with van der Waals surface area (Å²) in [5, 5.41) is 0. The Balaban J connectivity index is 1.95. The number of nitrogens with two attached hydrogens (primary N) is 1. The van der Waals surface area contributed by atoms with Gasteiger partial charge in [0.25, 0.3) is 0 Å². The Morgan fingerprint density at radius 1 is 1.38 bits per heavy atom. The van der Waals surface area contributed by atoms with Gasteiger partial charge in [-0.05, 0) is 12.5 Å². The van der Waals surface area contributed by atoms with Crippen LogP contribution in [0.5, 0.6) is 0 Å². The summed E-state index contributed by atoms with van der Waals surface area (Å²) in [5.41, 5.74) is 7.32. The molecule has 0 saturated carbocycles. The summed E-state index contributed by atoms with van der Waals surface area (Å²) < 4.78 is 0. The second-order valence-electron chi connectivity index (χ2n) is 4.04. The summed E-state index contributed by atoms with van der Waals surface area (Å²) in [7, 11) is 0. The molecule has 1 saturated heterocycles. The molecule has 2 N–H and O–H groups in total. The molecule has 2 nitrogen and oxygen atoms in total. The lowest BCUT2D eigenvalue weighted by molar-refractivity contribution is 0.425. The van der Waals surface area contributed by atoms with E-state index in [1.165, 1.54) is 5.56 Å². The van der Waals surface area contributed by atoms with E-state index in [2.05, 4.69) is 36.1 Å². The van der Waals surface area contributed by atoms with Gasteiger partial charge in [0.15, 0.2) is 0 Å². The van der Waals surface area contributed by atoms with E-state index in [-0.39, 0.29) is 5.54 Å². The summed E-state index contributed by atoms with van der Waals surface area (Å²) in [6.45, 7) is 5.16. The molecule has 2 unspecified atom stereocenters. The summed E-state index contributed by atoms with van der Waals surface area (Å²) in [5.74, 6) is 0. The van der Waals surface area contributed by atoms with E-state index >= 15 is 0 Å². The Labute approximate surface area is 79.4 Å². The highest BCUT2D eigenvalue weighted by molar-refractivity contribution is 5.17. The number of hydrogen-bond donors (Lipinski definition) is 1. The van der Waals surface area contributed by atoms with Gasteiger partial charge in [0.2, 0.25) is 0 Å². The molecule has 13 heavy (non-hydrogen) atoms. The van der Waals surface area contributed by atoms with Crippen LogP contribution in [0.4, 0.5) is 0 Å². The first-order chi connectivity index (χ1) is 6.24. The van der Waals surface area contributed by atoms with Crippen LogP contribution in [0.15, 0.2) is 30.3 Å². The first kappa shape index (κ1) is 8.73. The normalized spacial score (nSPS) is 31.7. The Bertz CT molecular complexity index is 283. The van der Waals surface area contributed by atoms with Crippen LogP contribution in [-0.2, 0) is 6.54 Å². The lowest BCUT2D eigenvalue weighted by Gasteiger charge is -2.09. The fourth-order valence-electron chi connectivity index (χ4n) is 1.62. The van der Waals surface area contributed by atoms with Crippen LogP contribution in [0, 0.1) is 0 Å². The average molecular weight is 176 g/mol. The molecule has 0 amide bonds. The van der Waals surface area contributed by atoms with Crippen LogP contribution in [0.25, 0.3) is 0 Å². The Morgan fingerprint density at radius 2 is 2.08 bits per heavy atom. The van der Waals surface area contributed by atoms with Crippen molar-refractivity contribution in [2.75, 3.05) is 13.1 Å². The smallest absolute Gasteiger partial charge is 0.0434 e. The number of rotatable bonds is 3. The Kier molecular flexibility index (Phi) is 2.10. The third-order valence-electron chi connectivity index (χ3n) is 2.85. The maximum Gasteiger partial charge on any atom is 0.0434 e. The molecular formula is C11H16N2. The molecule has 0 aliphatic carbocycles. The van der Waals surface area contributed by atoms with Gasteiger partial charge in [0, 0.05) is 25.2 Å². The van der Waals surface area contributed by atoms with E-state index in [1.807, 2.05) is 6.07 Å². The topological polar surface area (TPSA) is 29.0 Å². The second kappa shape index (κ2) is 3.13. The number of nitrogens with zero attached hydrogens (tertiary/aromatic N) is 1. The number of benzene rings is 1. The molecule has 2 rings (SSSR count). The zero-order chi connectivity index (χ0) is 9.31. The maximum absolute atomic E-state index is 5.67. The molecule has 1 aromatic carbocycles. The molecule has 0 spiro atoms. The van der Waals surface area contributed by atoms with Crippen molar-refractivity contribution >= 4 is 0 Å². The molecule has 1 heterocycles. The minimum absolute atomic E-state index is 0.274. The molecule has 1 fully saturated rings. The van der Waals surface area contributed by atoms with Gasteiger partial charge in [-0.3, -0.25) is 4.90 Å². The van der Waals surface area contributed by atoms with E-state index in [9.17, 15) is 0 Å². The van der Waals surface area contributed by atoms with Crippen LogP contribution >= 0.6 is 0 Å². The highest BCUT2D eigenvalue weighted by Crippen LogP contribution is 2.31. The zero-order valence-corrected chi connectivity index (χ0v) is 8.03. The predicted molar refractivity (Wildman–Crippen MR) is 54.3 cm³/mol. The Morgan fingerprint density at radius 3 is 2.62 bits per heavy atom. The van der Waals surface area contributed by atoms with Crippen molar-refractivity contribution in [2.45, 2.75) is 19.0 Å². The van der Waals surface area contributed by atoms with Crippen LogP contribution in [0.2, 0.25) is 0 Å². The summed E-state index contributed by atoms with van der Waals surface area (Å²) >= 11 is 0. The standard InChI is InChI=1S/C11H16N2/c1-11(8-12)9-13(11)7-10-5-3-2-4-6-10/h2-6H,7-9,12H2,1H3. The maximum atomic E-state index is 5.67. The van der Waals surface area contributed by atoms with Crippen molar-refractivity contribution in [3.8, 4) is 0 Å². The van der Waals surface area contributed by atoms with Gasteiger partial charge < -0.3 is 5.73 Å². The molecule has 1 aliphatic heterocycles. The third kappa shape index (κ3) is 1.74. The highest BCUT2D eigenvalue weighted by atomic mass is 15.4. The fraction of sp³-hybridized carbons (Fsp3) is 0.455. The molecule has 0 radical (unpaired) electrons. The molecule has 1 aliphatic rings. The quantitative estimate of drug-likeness (QED) is 0.702. The van der Waals surface area contributed by atoms with E-state index in [4.69, 9.17) is 5.73 Å². The summed E-state index contributed by atoms with van der Waals surface area (Å²) in [6, 6.07) is 10.5. The van der Waals surface area contributed by atoms with Crippen molar-refractivity contribution < 1.29 is 0 Å². The molecule has 0 bridgehead atoms. The van der Waals surface area contributed by atoms with Gasteiger partial charge in [0.1, 0.15) is 0 Å².